The molecule has 0 heterocycles. The summed E-state index contributed by atoms with van der Waals surface area (Å²) in [5, 5.41) is 2.41. The third kappa shape index (κ3) is 4.63. The monoisotopic (exact) mass is 335 g/mol. The molecule has 0 atom stereocenters. The highest BCUT2D eigenvalue weighted by atomic mass is 32.2. The van der Waals surface area contributed by atoms with Crippen LogP contribution in [0.2, 0.25) is 0 Å². The van der Waals surface area contributed by atoms with Crippen molar-refractivity contribution in [2.45, 2.75) is 25.2 Å². The van der Waals surface area contributed by atoms with Crippen molar-refractivity contribution in [1.29, 1.82) is 0 Å². The topological polar surface area (TPSA) is 63.2 Å². The predicted octanol–water partition coefficient (Wildman–Crippen LogP) is 3.25. The highest BCUT2D eigenvalue weighted by molar-refractivity contribution is 7.91. The lowest BCUT2D eigenvalue weighted by molar-refractivity contribution is -0.115. The second kappa shape index (κ2) is 6.91. The van der Waals surface area contributed by atoms with E-state index in [9.17, 15) is 17.6 Å². The molecular formula is C17H18FNO3S. The molecule has 0 unspecified atom stereocenters. The Labute approximate surface area is 135 Å². The zero-order valence-corrected chi connectivity index (χ0v) is 13.8. The van der Waals surface area contributed by atoms with Gasteiger partial charge < -0.3 is 5.32 Å². The standard InChI is InChI=1S/C17H18FNO3S/c1-12-3-6-14(7-4-12)23(21,22)10-9-17(20)19-16-11-13(2)5-8-15(16)18/h3-8,11H,9-10H2,1-2H3,(H,19,20). The van der Waals surface area contributed by atoms with Crippen LogP contribution in [0.15, 0.2) is 47.4 Å². The fourth-order valence-electron chi connectivity index (χ4n) is 2.04. The number of halogens is 1. The van der Waals surface area contributed by atoms with Crippen LogP contribution in [0.1, 0.15) is 17.5 Å². The number of hydrogen-bond donors (Lipinski definition) is 1. The van der Waals surface area contributed by atoms with Gasteiger partial charge in [0.25, 0.3) is 0 Å². The fourth-order valence-corrected chi connectivity index (χ4v) is 3.28. The second-order valence-corrected chi connectivity index (χ2v) is 7.52. The molecule has 4 nitrogen and oxygen atoms in total. The Hall–Kier alpha value is -2.21. The number of rotatable bonds is 5. The van der Waals surface area contributed by atoms with Gasteiger partial charge in [-0.15, -0.1) is 0 Å². The lowest BCUT2D eigenvalue weighted by Gasteiger charge is -2.08. The van der Waals surface area contributed by atoms with E-state index in [-0.39, 0.29) is 22.8 Å². The van der Waals surface area contributed by atoms with Gasteiger partial charge in [0.15, 0.2) is 9.84 Å². The molecular weight excluding hydrogens is 317 g/mol. The maximum absolute atomic E-state index is 13.6. The molecule has 0 aliphatic rings. The van der Waals surface area contributed by atoms with Gasteiger partial charge in [-0.25, -0.2) is 12.8 Å². The van der Waals surface area contributed by atoms with Crippen LogP contribution in [-0.4, -0.2) is 20.1 Å². The zero-order valence-electron chi connectivity index (χ0n) is 13.0. The average Bonchev–Trinajstić information content (AvgIpc) is 2.49. The van der Waals surface area contributed by atoms with Crippen molar-refractivity contribution >= 4 is 21.4 Å². The maximum atomic E-state index is 13.6. The summed E-state index contributed by atoms with van der Waals surface area (Å²) in [6, 6.07) is 10.8. The minimum absolute atomic E-state index is 0.0581. The van der Waals surface area contributed by atoms with Crippen LogP contribution in [0.4, 0.5) is 10.1 Å². The van der Waals surface area contributed by atoms with Crippen LogP contribution in [-0.2, 0) is 14.6 Å². The molecule has 1 amide bonds. The summed E-state index contributed by atoms with van der Waals surface area (Å²) in [6.07, 6.45) is -0.233. The summed E-state index contributed by atoms with van der Waals surface area (Å²) in [7, 11) is -3.54. The predicted molar refractivity (Wildman–Crippen MR) is 87.6 cm³/mol. The lowest BCUT2D eigenvalue weighted by atomic mass is 10.2. The number of benzene rings is 2. The number of sulfone groups is 1. The molecule has 2 rings (SSSR count). The van der Waals surface area contributed by atoms with Crippen LogP contribution in [0, 0.1) is 19.7 Å². The van der Waals surface area contributed by atoms with Crippen molar-refractivity contribution in [3.63, 3.8) is 0 Å². The Bertz CT molecular complexity index is 814. The quantitative estimate of drug-likeness (QED) is 0.912. The first-order chi connectivity index (χ1) is 10.8. The number of carbonyl (C=O) groups excluding carboxylic acids is 1. The highest BCUT2D eigenvalue weighted by Crippen LogP contribution is 2.17. The Kier molecular flexibility index (Phi) is 5.15. The molecule has 0 radical (unpaired) electrons. The van der Waals surface area contributed by atoms with Gasteiger partial charge in [-0.2, -0.15) is 0 Å². The van der Waals surface area contributed by atoms with E-state index in [0.717, 1.165) is 11.1 Å². The van der Waals surface area contributed by atoms with Crippen molar-refractivity contribution in [3.8, 4) is 0 Å². The Morgan fingerprint density at radius 3 is 2.30 bits per heavy atom. The summed E-state index contributed by atoms with van der Waals surface area (Å²) in [5.41, 5.74) is 1.81. The molecule has 0 aromatic heterocycles. The van der Waals surface area contributed by atoms with Crippen molar-refractivity contribution < 1.29 is 17.6 Å². The maximum Gasteiger partial charge on any atom is 0.225 e. The van der Waals surface area contributed by atoms with Gasteiger partial charge in [-0.1, -0.05) is 23.8 Å². The minimum atomic E-state index is -3.54. The van der Waals surface area contributed by atoms with Gasteiger partial charge in [-0.3, -0.25) is 4.79 Å². The Morgan fingerprint density at radius 2 is 1.65 bits per heavy atom. The van der Waals surface area contributed by atoms with E-state index in [1.165, 1.54) is 24.3 Å². The van der Waals surface area contributed by atoms with E-state index >= 15 is 0 Å². The van der Waals surface area contributed by atoms with Gasteiger partial charge in [0.2, 0.25) is 5.91 Å². The van der Waals surface area contributed by atoms with Crippen molar-refractivity contribution in [2.24, 2.45) is 0 Å². The fraction of sp³-hybridized carbons (Fsp3) is 0.235. The van der Waals surface area contributed by atoms with Crippen molar-refractivity contribution in [2.75, 3.05) is 11.1 Å². The summed E-state index contributed by atoms with van der Waals surface area (Å²) in [5.74, 6) is -1.41. The third-order valence-electron chi connectivity index (χ3n) is 3.37. The van der Waals surface area contributed by atoms with Crippen LogP contribution in [0.3, 0.4) is 0 Å². The third-order valence-corrected chi connectivity index (χ3v) is 5.11. The number of amides is 1. The van der Waals surface area contributed by atoms with E-state index in [1.54, 1.807) is 25.1 Å². The van der Waals surface area contributed by atoms with Gasteiger partial charge in [-0.05, 0) is 43.7 Å². The molecule has 0 aliphatic carbocycles. The molecule has 0 fully saturated rings. The summed E-state index contributed by atoms with van der Waals surface area (Å²) in [4.78, 5) is 12.0. The second-order valence-electron chi connectivity index (χ2n) is 5.41. The molecule has 1 N–H and O–H groups in total. The normalized spacial score (nSPS) is 11.3. The average molecular weight is 335 g/mol. The number of nitrogens with one attached hydrogen (secondary N) is 1. The molecule has 0 bridgehead atoms. The molecule has 0 aliphatic heterocycles. The van der Waals surface area contributed by atoms with Gasteiger partial charge in [0, 0.05) is 6.42 Å². The molecule has 2 aromatic carbocycles. The molecule has 0 saturated heterocycles. The van der Waals surface area contributed by atoms with E-state index in [2.05, 4.69) is 5.32 Å². The minimum Gasteiger partial charge on any atom is -0.324 e. The van der Waals surface area contributed by atoms with Gasteiger partial charge in [0.05, 0.1) is 16.3 Å². The summed E-state index contributed by atoms with van der Waals surface area (Å²) in [6.45, 7) is 3.64. The van der Waals surface area contributed by atoms with Crippen molar-refractivity contribution in [3.05, 3.63) is 59.4 Å². The summed E-state index contributed by atoms with van der Waals surface area (Å²) >= 11 is 0. The van der Waals surface area contributed by atoms with E-state index in [0.29, 0.717) is 0 Å². The van der Waals surface area contributed by atoms with Crippen LogP contribution < -0.4 is 5.32 Å². The molecule has 2 aromatic rings. The molecule has 6 heteroatoms. The first kappa shape index (κ1) is 17.1. The van der Waals surface area contributed by atoms with Crippen molar-refractivity contribution in [1.82, 2.24) is 0 Å². The molecule has 23 heavy (non-hydrogen) atoms. The van der Waals surface area contributed by atoms with Gasteiger partial charge >= 0.3 is 0 Å². The van der Waals surface area contributed by atoms with Crippen LogP contribution in [0.25, 0.3) is 0 Å². The Balaban J connectivity index is 2.01. The van der Waals surface area contributed by atoms with E-state index in [4.69, 9.17) is 0 Å². The molecule has 122 valence electrons. The lowest BCUT2D eigenvalue weighted by Crippen LogP contribution is -2.18. The first-order valence-corrected chi connectivity index (χ1v) is 8.78. The largest absolute Gasteiger partial charge is 0.324 e. The SMILES string of the molecule is Cc1ccc(S(=O)(=O)CCC(=O)Nc2cc(C)ccc2F)cc1. The van der Waals surface area contributed by atoms with Gasteiger partial charge in [0.1, 0.15) is 5.82 Å². The first-order valence-electron chi connectivity index (χ1n) is 7.13. The van der Waals surface area contributed by atoms with E-state index in [1.807, 2.05) is 6.92 Å². The van der Waals surface area contributed by atoms with Crippen LogP contribution >= 0.6 is 0 Å². The number of carbonyl (C=O) groups is 1. The highest BCUT2D eigenvalue weighted by Gasteiger charge is 2.17. The molecule has 0 spiro atoms. The number of hydrogen-bond acceptors (Lipinski definition) is 3. The summed E-state index contributed by atoms with van der Waals surface area (Å²) < 4.78 is 37.9. The number of aryl methyl sites for hydroxylation is 2. The smallest absolute Gasteiger partial charge is 0.225 e. The number of anilines is 1. The molecule has 0 saturated carbocycles. The van der Waals surface area contributed by atoms with Crippen LogP contribution in [0.5, 0.6) is 0 Å². The van der Waals surface area contributed by atoms with E-state index < -0.39 is 21.6 Å². The Morgan fingerprint density at radius 1 is 1.04 bits per heavy atom. The zero-order chi connectivity index (χ0) is 17.0.